The minimum atomic E-state index is 0.124. The molecule has 0 aromatic heterocycles. The molecule has 0 radical (unpaired) electrons. The lowest BCUT2D eigenvalue weighted by molar-refractivity contribution is -0.123. The van der Waals surface area contributed by atoms with E-state index >= 15 is 0 Å². The molecule has 1 amide bonds. The lowest BCUT2D eigenvalue weighted by atomic mass is 9.94. The fourth-order valence-corrected chi connectivity index (χ4v) is 2.55. The number of carbonyl (C=O) groups is 1. The Morgan fingerprint density at radius 1 is 1.35 bits per heavy atom. The first-order chi connectivity index (χ1) is 8.13. The molecular weight excluding hydrogens is 214 g/mol. The highest BCUT2D eigenvalue weighted by molar-refractivity contribution is 5.78. The zero-order chi connectivity index (χ0) is 12.7. The van der Waals surface area contributed by atoms with Crippen molar-refractivity contribution in [1.29, 1.82) is 0 Å². The number of carbonyl (C=O) groups excluding carboxylic acids is 1. The van der Waals surface area contributed by atoms with E-state index in [9.17, 15) is 4.79 Å². The molecule has 1 aliphatic rings. The zero-order valence-corrected chi connectivity index (χ0v) is 11.2. The van der Waals surface area contributed by atoms with Crippen LogP contribution in [-0.2, 0) is 4.79 Å². The maximum Gasteiger partial charge on any atom is 0.234 e. The first kappa shape index (κ1) is 14.5. The SMILES string of the molecule is CC(C)NC(=O)CN(CCN)C1CCCCC1. The molecule has 0 bridgehead atoms. The minimum absolute atomic E-state index is 0.124. The highest BCUT2D eigenvalue weighted by Crippen LogP contribution is 2.22. The van der Waals surface area contributed by atoms with E-state index in [2.05, 4.69) is 10.2 Å². The second-order valence-corrected chi connectivity index (χ2v) is 5.27. The van der Waals surface area contributed by atoms with Gasteiger partial charge in [-0.3, -0.25) is 9.69 Å². The fraction of sp³-hybridized carbons (Fsp3) is 0.923. The normalized spacial score (nSPS) is 17.7. The van der Waals surface area contributed by atoms with E-state index in [0.717, 1.165) is 6.54 Å². The standard InChI is InChI=1S/C13H27N3O/c1-11(2)15-13(17)10-16(9-8-14)12-6-4-3-5-7-12/h11-12H,3-10,14H2,1-2H3,(H,15,17). The molecule has 1 saturated carbocycles. The number of nitrogens with one attached hydrogen (secondary N) is 1. The summed E-state index contributed by atoms with van der Waals surface area (Å²) in [6.45, 7) is 5.94. The monoisotopic (exact) mass is 241 g/mol. The van der Waals surface area contributed by atoms with Crippen LogP contribution in [0.1, 0.15) is 46.0 Å². The van der Waals surface area contributed by atoms with Gasteiger partial charge >= 0.3 is 0 Å². The van der Waals surface area contributed by atoms with Crippen LogP contribution >= 0.6 is 0 Å². The molecule has 1 aliphatic carbocycles. The van der Waals surface area contributed by atoms with Gasteiger partial charge in [-0.15, -0.1) is 0 Å². The van der Waals surface area contributed by atoms with Crippen molar-refractivity contribution in [2.24, 2.45) is 5.73 Å². The molecule has 0 atom stereocenters. The van der Waals surface area contributed by atoms with Crippen LogP contribution in [0.4, 0.5) is 0 Å². The van der Waals surface area contributed by atoms with Crippen molar-refractivity contribution < 1.29 is 4.79 Å². The van der Waals surface area contributed by atoms with Crippen molar-refractivity contribution in [2.45, 2.75) is 58.0 Å². The third-order valence-electron chi connectivity index (χ3n) is 3.30. The maximum absolute atomic E-state index is 11.8. The largest absolute Gasteiger partial charge is 0.353 e. The summed E-state index contributed by atoms with van der Waals surface area (Å²) in [5, 5.41) is 2.95. The predicted molar refractivity (Wildman–Crippen MR) is 70.8 cm³/mol. The molecule has 100 valence electrons. The van der Waals surface area contributed by atoms with Gasteiger partial charge in [0.2, 0.25) is 5.91 Å². The smallest absolute Gasteiger partial charge is 0.234 e. The third-order valence-corrected chi connectivity index (χ3v) is 3.30. The van der Waals surface area contributed by atoms with Crippen molar-refractivity contribution in [3.05, 3.63) is 0 Å². The number of nitrogens with zero attached hydrogens (tertiary/aromatic N) is 1. The lowest BCUT2D eigenvalue weighted by Crippen LogP contribution is -2.47. The third kappa shape index (κ3) is 5.50. The molecule has 4 nitrogen and oxygen atoms in total. The van der Waals surface area contributed by atoms with Crippen molar-refractivity contribution in [3.8, 4) is 0 Å². The van der Waals surface area contributed by atoms with Crippen LogP contribution in [0, 0.1) is 0 Å². The second kappa shape index (κ2) is 7.67. The van der Waals surface area contributed by atoms with Crippen LogP contribution < -0.4 is 11.1 Å². The van der Waals surface area contributed by atoms with E-state index < -0.39 is 0 Å². The highest BCUT2D eigenvalue weighted by Gasteiger charge is 2.22. The molecule has 4 heteroatoms. The summed E-state index contributed by atoms with van der Waals surface area (Å²) < 4.78 is 0. The van der Waals surface area contributed by atoms with Gasteiger partial charge in [0.25, 0.3) is 0 Å². The first-order valence-electron chi connectivity index (χ1n) is 6.87. The van der Waals surface area contributed by atoms with Crippen molar-refractivity contribution in [2.75, 3.05) is 19.6 Å². The summed E-state index contributed by atoms with van der Waals surface area (Å²) in [7, 11) is 0. The Labute approximate surface area is 105 Å². The Morgan fingerprint density at radius 2 is 2.00 bits per heavy atom. The molecule has 0 heterocycles. The van der Waals surface area contributed by atoms with Gasteiger partial charge in [0.05, 0.1) is 6.54 Å². The minimum Gasteiger partial charge on any atom is -0.353 e. The Hall–Kier alpha value is -0.610. The van der Waals surface area contributed by atoms with Gasteiger partial charge in [0.15, 0.2) is 0 Å². The van der Waals surface area contributed by atoms with E-state index in [0.29, 0.717) is 19.1 Å². The molecular formula is C13H27N3O. The number of hydrogen-bond acceptors (Lipinski definition) is 3. The van der Waals surface area contributed by atoms with Gasteiger partial charge in [-0.2, -0.15) is 0 Å². The Kier molecular flexibility index (Phi) is 6.52. The van der Waals surface area contributed by atoms with E-state index in [1.54, 1.807) is 0 Å². The topological polar surface area (TPSA) is 58.4 Å². The van der Waals surface area contributed by atoms with E-state index in [-0.39, 0.29) is 11.9 Å². The van der Waals surface area contributed by atoms with Crippen LogP contribution in [0.5, 0.6) is 0 Å². The molecule has 17 heavy (non-hydrogen) atoms. The van der Waals surface area contributed by atoms with Gasteiger partial charge < -0.3 is 11.1 Å². The fourth-order valence-electron chi connectivity index (χ4n) is 2.55. The van der Waals surface area contributed by atoms with Crippen molar-refractivity contribution in [3.63, 3.8) is 0 Å². The van der Waals surface area contributed by atoms with E-state index in [1.807, 2.05) is 13.8 Å². The Bertz CT molecular complexity index is 225. The zero-order valence-electron chi connectivity index (χ0n) is 11.2. The van der Waals surface area contributed by atoms with Crippen LogP contribution in [0.15, 0.2) is 0 Å². The summed E-state index contributed by atoms with van der Waals surface area (Å²) in [6.07, 6.45) is 6.35. The van der Waals surface area contributed by atoms with Crippen LogP contribution in [0.2, 0.25) is 0 Å². The lowest BCUT2D eigenvalue weighted by Gasteiger charge is -2.33. The summed E-state index contributed by atoms with van der Waals surface area (Å²) in [4.78, 5) is 14.0. The van der Waals surface area contributed by atoms with Gasteiger partial charge in [-0.25, -0.2) is 0 Å². The molecule has 0 unspecified atom stereocenters. The Balaban J connectivity index is 2.43. The second-order valence-electron chi connectivity index (χ2n) is 5.27. The number of amides is 1. The molecule has 0 saturated heterocycles. The van der Waals surface area contributed by atoms with Crippen molar-refractivity contribution in [1.82, 2.24) is 10.2 Å². The Morgan fingerprint density at radius 3 is 2.53 bits per heavy atom. The maximum atomic E-state index is 11.8. The molecule has 0 aromatic carbocycles. The molecule has 0 aromatic rings. The number of rotatable bonds is 6. The van der Waals surface area contributed by atoms with Gasteiger partial charge in [0, 0.05) is 25.2 Å². The highest BCUT2D eigenvalue weighted by atomic mass is 16.2. The summed E-state index contributed by atoms with van der Waals surface area (Å²) in [5.74, 6) is 0.124. The summed E-state index contributed by atoms with van der Waals surface area (Å²) in [6, 6.07) is 0.777. The first-order valence-corrected chi connectivity index (χ1v) is 6.87. The summed E-state index contributed by atoms with van der Waals surface area (Å²) in [5.41, 5.74) is 5.64. The number of nitrogens with two attached hydrogens (primary N) is 1. The van der Waals surface area contributed by atoms with Crippen LogP contribution in [-0.4, -0.2) is 42.5 Å². The molecule has 3 N–H and O–H groups in total. The van der Waals surface area contributed by atoms with Crippen LogP contribution in [0.3, 0.4) is 0 Å². The molecule has 0 spiro atoms. The predicted octanol–water partition coefficient (Wildman–Crippen LogP) is 1.10. The van der Waals surface area contributed by atoms with Crippen molar-refractivity contribution >= 4 is 5.91 Å². The van der Waals surface area contributed by atoms with Gasteiger partial charge in [-0.05, 0) is 26.7 Å². The average Bonchev–Trinajstić information content (AvgIpc) is 2.28. The number of hydrogen-bond donors (Lipinski definition) is 2. The summed E-state index contributed by atoms with van der Waals surface area (Å²) >= 11 is 0. The molecule has 1 fully saturated rings. The average molecular weight is 241 g/mol. The molecule has 1 rings (SSSR count). The van der Waals surface area contributed by atoms with Crippen LogP contribution in [0.25, 0.3) is 0 Å². The van der Waals surface area contributed by atoms with E-state index in [1.165, 1.54) is 32.1 Å². The quantitative estimate of drug-likeness (QED) is 0.732. The van der Waals surface area contributed by atoms with Gasteiger partial charge in [-0.1, -0.05) is 19.3 Å². The molecule has 0 aliphatic heterocycles. The van der Waals surface area contributed by atoms with E-state index in [4.69, 9.17) is 5.73 Å². The van der Waals surface area contributed by atoms with Gasteiger partial charge in [0.1, 0.15) is 0 Å².